The first-order valence-corrected chi connectivity index (χ1v) is 7.94. The number of methoxy groups -OCH3 is 1. The van der Waals surface area contributed by atoms with Crippen molar-refractivity contribution in [3.8, 4) is 17.0 Å². The summed E-state index contributed by atoms with van der Waals surface area (Å²) in [4.78, 5) is 12.6. The number of benzene rings is 2. The van der Waals surface area contributed by atoms with Gasteiger partial charge in [-0.3, -0.25) is 9.20 Å². The molecule has 3 nitrogen and oxygen atoms in total. The Kier molecular flexibility index (Phi) is 3.51. The molecule has 0 unspecified atom stereocenters. The van der Waals surface area contributed by atoms with Gasteiger partial charge in [0, 0.05) is 17.0 Å². The monoisotopic (exact) mass is 335 g/mol. The lowest BCUT2D eigenvalue weighted by atomic mass is 10.0. The van der Waals surface area contributed by atoms with E-state index >= 15 is 0 Å². The third-order valence-electron chi connectivity index (χ3n) is 4.17. The van der Waals surface area contributed by atoms with E-state index in [1.165, 1.54) is 0 Å². The molecule has 4 aromatic rings. The van der Waals surface area contributed by atoms with Crippen molar-refractivity contribution in [3.05, 3.63) is 82.1 Å². The van der Waals surface area contributed by atoms with Crippen LogP contribution in [0.3, 0.4) is 0 Å². The maximum absolute atomic E-state index is 12.6. The number of aromatic nitrogens is 1. The summed E-state index contributed by atoms with van der Waals surface area (Å²) in [5.41, 5.74) is 2.28. The fraction of sp³-hybridized carbons (Fsp3) is 0.0500. The molecular weight excluding hydrogens is 322 g/mol. The zero-order valence-corrected chi connectivity index (χ0v) is 13.7. The summed E-state index contributed by atoms with van der Waals surface area (Å²) in [6, 6.07) is 20.7. The van der Waals surface area contributed by atoms with Crippen LogP contribution in [-0.2, 0) is 0 Å². The van der Waals surface area contributed by atoms with E-state index in [4.69, 9.17) is 16.3 Å². The molecule has 0 spiro atoms. The second-order valence-electron chi connectivity index (χ2n) is 5.55. The summed E-state index contributed by atoms with van der Waals surface area (Å²) in [5.74, 6) is 0.694. The van der Waals surface area contributed by atoms with Gasteiger partial charge in [0.2, 0.25) is 0 Å². The van der Waals surface area contributed by atoms with Gasteiger partial charge in [0.15, 0.2) is 0 Å². The predicted octanol–water partition coefficient (Wildman–Crippen LogP) is 4.78. The quantitative estimate of drug-likeness (QED) is 0.493. The number of halogens is 1. The molecule has 2 heterocycles. The number of hydrogen-bond donors (Lipinski definition) is 0. The van der Waals surface area contributed by atoms with Gasteiger partial charge in [0.25, 0.3) is 5.56 Å². The van der Waals surface area contributed by atoms with Gasteiger partial charge in [0.1, 0.15) is 5.75 Å². The van der Waals surface area contributed by atoms with Crippen LogP contribution in [0.5, 0.6) is 5.75 Å². The van der Waals surface area contributed by atoms with Crippen molar-refractivity contribution < 1.29 is 4.74 Å². The van der Waals surface area contributed by atoms with E-state index in [9.17, 15) is 4.79 Å². The summed E-state index contributed by atoms with van der Waals surface area (Å²) in [6.07, 6.45) is 0. The van der Waals surface area contributed by atoms with Crippen LogP contribution in [0.4, 0.5) is 0 Å². The summed E-state index contributed by atoms with van der Waals surface area (Å²) >= 11 is 6.42. The van der Waals surface area contributed by atoms with Crippen molar-refractivity contribution in [2.75, 3.05) is 7.11 Å². The first-order valence-electron chi connectivity index (χ1n) is 7.56. The van der Waals surface area contributed by atoms with Crippen LogP contribution in [0.15, 0.2) is 71.5 Å². The molecule has 0 radical (unpaired) electrons. The van der Waals surface area contributed by atoms with E-state index in [0.717, 1.165) is 27.5 Å². The maximum Gasteiger partial charge on any atom is 0.255 e. The highest BCUT2D eigenvalue weighted by molar-refractivity contribution is 6.33. The molecule has 0 bridgehead atoms. The van der Waals surface area contributed by atoms with Crippen molar-refractivity contribution in [1.29, 1.82) is 0 Å². The zero-order chi connectivity index (χ0) is 16.7. The molecule has 4 rings (SSSR count). The summed E-state index contributed by atoms with van der Waals surface area (Å²) in [6.45, 7) is 0. The van der Waals surface area contributed by atoms with E-state index < -0.39 is 0 Å². The van der Waals surface area contributed by atoms with Gasteiger partial charge in [-0.1, -0.05) is 41.9 Å². The Morgan fingerprint density at radius 1 is 0.958 bits per heavy atom. The van der Waals surface area contributed by atoms with Gasteiger partial charge < -0.3 is 4.74 Å². The first-order chi connectivity index (χ1) is 11.7. The third kappa shape index (κ3) is 2.25. The van der Waals surface area contributed by atoms with Gasteiger partial charge in [-0.25, -0.2) is 0 Å². The Morgan fingerprint density at radius 2 is 1.79 bits per heavy atom. The number of rotatable bonds is 2. The van der Waals surface area contributed by atoms with Crippen LogP contribution in [0.2, 0.25) is 5.02 Å². The highest BCUT2D eigenvalue weighted by atomic mass is 35.5. The fourth-order valence-electron chi connectivity index (χ4n) is 3.04. The number of ether oxygens (including phenoxy) is 1. The molecule has 0 aliphatic carbocycles. The second-order valence-corrected chi connectivity index (χ2v) is 5.95. The molecule has 0 atom stereocenters. The van der Waals surface area contributed by atoms with Crippen LogP contribution in [0.25, 0.3) is 27.5 Å². The number of nitrogens with zero attached hydrogens (tertiary/aromatic N) is 1. The number of hydrogen-bond acceptors (Lipinski definition) is 2. The molecule has 24 heavy (non-hydrogen) atoms. The van der Waals surface area contributed by atoms with E-state index in [1.54, 1.807) is 35.8 Å². The van der Waals surface area contributed by atoms with E-state index in [1.807, 2.05) is 42.5 Å². The molecule has 0 fully saturated rings. The molecule has 4 heteroatoms. The summed E-state index contributed by atoms with van der Waals surface area (Å²) in [7, 11) is 1.61. The Balaban J connectivity index is 2.21. The lowest BCUT2D eigenvalue weighted by Crippen LogP contribution is -2.14. The SMILES string of the molecule is COc1ccc(Cl)c(-c2cc3ccccc3c3cccc(=O)n23)c1. The molecule has 0 amide bonds. The molecular formula is C20H14ClNO2. The van der Waals surface area contributed by atoms with Crippen LogP contribution >= 0.6 is 11.6 Å². The molecule has 2 aromatic carbocycles. The van der Waals surface area contributed by atoms with Crippen molar-refractivity contribution in [3.63, 3.8) is 0 Å². The Bertz CT molecular complexity index is 1130. The fourth-order valence-corrected chi connectivity index (χ4v) is 3.26. The Labute approximate surface area is 143 Å². The summed E-state index contributed by atoms with van der Waals surface area (Å²) in [5, 5.41) is 2.65. The first kappa shape index (κ1) is 14.8. The van der Waals surface area contributed by atoms with Crippen molar-refractivity contribution in [2.24, 2.45) is 0 Å². The zero-order valence-electron chi connectivity index (χ0n) is 13.0. The standard InChI is InChI=1S/C20H14ClNO2/c1-24-14-9-10-17(21)16(12-14)19-11-13-5-2-3-6-15(13)18-7-4-8-20(23)22(18)19/h2-12H,1H3. The largest absolute Gasteiger partial charge is 0.497 e. The summed E-state index contributed by atoms with van der Waals surface area (Å²) < 4.78 is 7.01. The van der Waals surface area contributed by atoms with Crippen LogP contribution in [-0.4, -0.2) is 11.5 Å². The van der Waals surface area contributed by atoms with Crippen LogP contribution < -0.4 is 10.3 Å². The molecule has 2 aromatic heterocycles. The molecule has 0 saturated heterocycles. The topological polar surface area (TPSA) is 30.7 Å². The van der Waals surface area contributed by atoms with Gasteiger partial charge in [-0.05, 0) is 35.7 Å². The molecule has 118 valence electrons. The van der Waals surface area contributed by atoms with Crippen LogP contribution in [0.1, 0.15) is 0 Å². The Morgan fingerprint density at radius 3 is 2.62 bits per heavy atom. The van der Waals surface area contributed by atoms with Crippen molar-refractivity contribution >= 4 is 27.9 Å². The number of pyridine rings is 2. The van der Waals surface area contributed by atoms with Gasteiger partial charge in [-0.2, -0.15) is 0 Å². The molecule has 0 aliphatic heterocycles. The van der Waals surface area contributed by atoms with Crippen molar-refractivity contribution in [1.82, 2.24) is 4.40 Å². The molecule has 0 aliphatic rings. The maximum atomic E-state index is 12.6. The minimum atomic E-state index is -0.0906. The normalized spacial score (nSPS) is 11.1. The highest BCUT2D eigenvalue weighted by Crippen LogP contribution is 2.34. The van der Waals surface area contributed by atoms with E-state index in [2.05, 4.69) is 0 Å². The van der Waals surface area contributed by atoms with Gasteiger partial charge in [-0.15, -0.1) is 0 Å². The Hall–Kier alpha value is -2.78. The highest BCUT2D eigenvalue weighted by Gasteiger charge is 2.13. The smallest absolute Gasteiger partial charge is 0.255 e. The van der Waals surface area contributed by atoms with Gasteiger partial charge in [0.05, 0.1) is 23.3 Å². The minimum absolute atomic E-state index is 0.0906. The van der Waals surface area contributed by atoms with Crippen LogP contribution in [0, 0.1) is 0 Å². The van der Waals surface area contributed by atoms with E-state index in [-0.39, 0.29) is 5.56 Å². The molecule has 0 saturated carbocycles. The third-order valence-corrected chi connectivity index (χ3v) is 4.50. The lowest BCUT2D eigenvalue weighted by molar-refractivity contribution is 0.415. The van der Waals surface area contributed by atoms with Crippen molar-refractivity contribution in [2.45, 2.75) is 0 Å². The lowest BCUT2D eigenvalue weighted by Gasteiger charge is -2.14. The molecule has 0 N–H and O–H groups in total. The predicted molar refractivity (Wildman–Crippen MR) is 98.2 cm³/mol. The number of fused-ring (bicyclic) bond motifs is 3. The van der Waals surface area contributed by atoms with E-state index in [0.29, 0.717) is 10.8 Å². The van der Waals surface area contributed by atoms with Gasteiger partial charge >= 0.3 is 0 Å². The minimum Gasteiger partial charge on any atom is -0.497 e. The second kappa shape index (κ2) is 5.69. The average Bonchev–Trinajstić information content (AvgIpc) is 2.62. The average molecular weight is 336 g/mol.